The van der Waals surface area contributed by atoms with E-state index in [1.165, 1.54) is 20.9 Å². The molecule has 2 N–H and O–H groups in total. The third-order valence-electron chi connectivity index (χ3n) is 2.53. The van der Waals surface area contributed by atoms with Gasteiger partial charge in [0.05, 0.1) is 0 Å². The van der Waals surface area contributed by atoms with Crippen molar-refractivity contribution in [2.24, 2.45) is 5.73 Å². The fourth-order valence-corrected chi connectivity index (χ4v) is 2.83. The summed E-state index contributed by atoms with van der Waals surface area (Å²) in [5.74, 6) is 0. The van der Waals surface area contributed by atoms with Crippen molar-refractivity contribution in [3.05, 3.63) is 45.2 Å². The SMILES string of the molecule is Cc1ccc(-c2ccc(C(C)N)s2)cc1Br. The molecular weight excluding hydrogens is 282 g/mol. The summed E-state index contributed by atoms with van der Waals surface area (Å²) in [4.78, 5) is 2.50. The summed E-state index contributed by atoms with van der Waals surface area (Å²) in [5, 5.41) is 0. The van der Waals surface area contributed by atoms with Crippen LogP contribution in [-0.2, 0) is 0 Å². The maximum absolute atomic E-state index is 5.86. The molecule has 0 aliphatic rings. The van der Waals surface area contributed by atoms with E-state index < -0.39 is 0 Å². The van der Waals surface area contributed by atoms with Gasteiger partial charge in [0, 0.05) is 20.3 Å². The molecule has 1 atom stereocenters. The van der Waals surface area contributed by atoms with Gasteiger partial charge in [-0.15, -0.1) is 11.3 Å². The second-order valence-electron chi connectivity index (χ2n) is 3.95. The molecule has 1 heterocycles. The van der Waals surface area contributed by atoms with E-state index in [0.29, 0.717) is 0 Å². The van der Waals surface area contributed by atoms with Crippen LogP contribution in [0.3, 0.4) is 0 Å². The van der Waals surface area contributed by atoms with Gasteiger partial charge in [-0.05, 0) is 43.2 Å². The summed E-state index contributed by atoms with van der Waals surface area (Å²) in [6, 6.07) is 10.8. The van der Waals surface area contributed by atoms with Gasteiger partial charge in [-0.2, -0.15) is 0 Å². The number of halogens is 1. The molecular formula is C13H14BrNS. The Kier molecular flexibility index (Phi) is 3.47. The molecule has 3 heteroatoms. The maximum Gasteiger partial charge on any atom is 0.0361 e. The summed E-state index contributed by atoms with van der Waals surface area (Å²) in [6.45, 7) is 4.11. The van der Waals surface area contributed by atoms with Crippen molar-refractivity contribution < 1.29 is 0 Å². The molecule has 1 nitrogen and oxygen atoms in total. The van der Waals surface area contributed by atoms with E-state index in [4.69, 9.17) is 5.73 Å². The summed E-state index contributed by atoms with van der Waals surface area (Å²) in [5.41, 5.74) is 8.36. The van der Waals surface area contributed by atoms with Crippen LogP contribution in [0.15, 0.2) is 34.8 Å². The van der Waals surface area contributed by atoms with Crippen LogP contribution in [0.5, 0.6) is 0 Å². The second kappa shape index (κ2) is 4.70. The molecule has 1 aromatic carbocycles. The van der Waals surface area contributed by atoms with Crippen LogP contribution in [0.25, 0.3) is 10.4 Å². The molecule has 0 amide bonds. The van der Waals surface area contributed by atoms with Crippen molar-refractivity contribution in [3.63, 3.8) is 0 Å². The van der Waals surface area contributed by atoms with Gasteiger partial charge < -0.3 is 5.73 Å². The van der Waals surface area contributed by atoms with Gasteiger partial charge in [0.1, 0.15) is 0 Å². The standard InChI is InChI=1S/C13H14BrNS/c1-8-3-4-10(7-11(8)14)13-6-5-12(16-13)9(2)15/h3-7,9H,15H2,1-2H3. The third kappa shape index (κ3) is 2.37. The Bertz CT molecular complexity index is 502. The molecule has 84 valence electrons. The lowest BCUT2D eigenvalue weighted by atomic mass is 10.1. The molecule has 0 spiro atoms. The Morgan fingerprint density at radius 2 is 2.00 bits per heavy atom. The molecule has 1 unspecified atom stereocenters. The highest BCUT2D eigenvalue weighted by Gasteiger charge is 2.06. The van der Waals surface area contributed by atoms with E-state index >= 15 is 0 Å². The van der Waals surface area contributed by atoms with Crippen LogP contribution < -0.4 is 5.73 Å². The molecule has 0 aliphatic heterocycles. The third-order valence-corrected chi connectivity index (χ3v) is 4.72. The first-order valence-electron chi connectivity index (χ1n) is 5.20. The molecule has 0 bridgehead atoms. The normalized spacial score (nSPS) is 12.8. The van der Waals surface area contributed by atoms with Gasteiger partial charge >= 0.3 is 0 Å². The predicted molar refractivity (Wildman–Crippen MR) is 74.8 cm³/mol. The highest BCUT2D eigenvalue weighted by Crippen LogP contribution is 2.32. The first-order valence-corrected chi connectivity index (χ1v) is 6.80. The van der Waals surface area contributed by atoms with Crippen molar-refractivity contribution in [2.45, 2.75) is 19.9 Å². The van der Waals surface area contributed by atoms with Crippen LogP contribution in [0.1, 0.15) is 23.4 Å². The van der Waals surface area contributed by atoms with E-state index in [1.807, 2.05) is 6.92 Å². The van der Waals surface area contributed by atoms with E-state index in [0.717, 1.165) is 4.47 Å². The molecule has 0 fully saturated rings. The molecule has 0 saturated carbocycles. The van der Waals surface area contributed by atoms with Crippen LogP contribution in [-0.4, -0.2) is 0 Å². The first-order chi connectivity index (χ1) is 7.58. The van der Waals surface area contributed by atoms with Crippen LogP contribution in [0.2, 0.25) is 0 Å². The van der Waals surface area contributed by atoms with E-state index in [-0.39, 0.29) is 6.04 Å². The van der Waals surface area contributed by atoms with Gasteiger partial charge in [-0.25, -0.2) is 0 Å². The van der Waals surface area contributed by atoms with Crippen molar-refractivity contribution in [1.82, 2.24) is 0 Å². The Balaban J connectivity index is 2.39. The van der Waals surface area contributed by atoms with Gasteiger partial charge in [0.25, 0.3) is 0 Å². The van der Waals surface area contributed by atoms with Gasteiger partial charge in [-0.1, -0.05) is 28.1 Å². The van der Waals surface area contributed by atoms with E-state index in [9.17, 15) is 0 Å². The fourth-order valence-electron chi connectivity index (χ4n) is 1.50. The Hall–Kier alpha value is -0.640. The summed E-state index contributed by atoms with van der Waals surface area (Å²) in [7, 11) is 0. The molecule has 2 aromatic rings. The van der Waals surface area contributed by atoms with Crippen LogP contribution in [0, 0.1) is 6.92 Å². The minimum absolute atomic E-state index is 0.118. The number of aryl methyl sites for hydroxylation is 1. The Morgan fingerprint density at radius 3 is 2.56 bits per heavy atom. The zero-order chi connectivity index (χ0) is 11.7. The lowest BCUT2D eigenvalue weighted by molar-refractivity contribution is 0.838. The van der Waals surface area contributed by atoms with Gasteiger partial charge in [-0.3, -0.25) is 0 Å². The second-order valence-corrected chi connectivity index (χ2v) is 5.92. The fraction of sp³-hybridized carbons (Fsp3) is 0.231. The molecule has 0 radical (unpaired) electrons. The smallest absolute Gasteiger partial charge is 0.0361 e. The molecule has 1 aromatic heterocycles. The van der Waals surface area contributed by atoms with Crippen molar-refractivity contribution in [2.75, 3.05) is 0 Å². The van der Waals surface area contributed by atoms with Gasteiger partial charge in [0.2, 0.25) is 0 Å². The molecule has 2 rings (SSSR count). The zero-order valence-corrected chi connectivity index (χ0v) is 11.7. The lowest BCUT2D eigenvalue weighted by Gasteiger charge is -2.02. The van der Waals surface area contributed by atoms with Crippen molar-refractivity contribution in [1.29, 1.82) is 0 Å². The number of thiophene rings is 1. The number of hydrogen-bond acceptors (Lipinski definition) is 2. The zero-order valence-electron chi connectivity index (χ0n) is 9.33. The Labute approximate surface area is 108 Å². The highest BCUT2D eigenvalue weighted by molar-refractivity contribution is 9.10. The average molecular weight is 296 g/mol. The number of nitrogens with two attached hydrogens (primary N) is 1. The number of rotatable bonds is 2. The average Bonchev–Trinajstić information content (AvgIpc) is 2.71. The lowest BCUT2D eigenvalue weighted by Crippen LogP contribution is -2.01. The Morgan fingerprint density at radius 1 is 1.25 bits per heavy atom. The number of hydrogen-bond donors (Lipinski definition) is 1. The summed E-state index contributed by atoms with van der Waals surface area (Å²) in [6.07, 6.45) is 0. The van der Waals surface area contributed by atoms with E-state index in [2.05, 4.69) is 53.2 Å². The summed E-state index contributed by atoms with van der Waals surface area (Å²) >= 11 is 5.32. The topological polar surface area (TPSA) is 26.0 Å². The minimum Gasteiger partial charge on any atom is -0.324 e. The highest BCUT2D eigenvalue weighted by atomic mass is 79.9. The van der Waals surface area contributed by atoms with E-state index in [1.54, 1.807) is 11.3 Å². The molecule has 0 saturated heterocycles. The molecule has 16 heavy (non-hydrogen) atoms. The van der Waals surface area contributed by atoms with Crippen LogP contribution >= 0.6 is 27.3 Å². The van der Waals surface area contributed by atoms with Crippen LogP contribution in [0.4, 0.5) is 0 Å². The van der Waals surface area contributed by atoms with Crippen molar-refractivity contribution in [3.8, 4) is 10.4 Å². The monoisotopic (exact) mass is 295 g/mol. The first kappa shape index (κ1) is 11.8. The van der Waals surface area contributed by atoms with Gasteiger partial charge in [0.15, 0.2) is 0 Å². The largest absolute Gasteiger partial charge is 0.324 e. The van der Waals surface area contributed by atoms with Crippen molar-refractivity contribution >= 4 is 27.3 Å². The quantitative estimate of drug-likeness (QED) is 0.867. The summed E-state index contributed by atoms with van der Waals surface area (Å²) < 4.78 is 1.15. The minimum atomic E-state index is 0.118. The maximum atomic E-state index is 5.86. The molecule has 0 aliphatic carbocycles. The number of benzene rings is 1. The predicted octanol–water partition coefficient (Wildman–Crippen LogP) is 4.51.